The van der Waals surface area contributed by atoms with Gasteiger partial charge in [-0.05, 0) is 42.0 Å². The van der Waals surface area contributed by atoms with E-state index in [0.717, 1.165) is 43.4 Å². The maximum absolute atomic E-state index is 5.70. The van der Waals surface area contributed by atoms with E-state index >= 15 is 0 Å². The second-order valence-corrected chi connectivity index (χ2v) is 6.11. The predicted octanol–water partition coefficient (Wildman–Crippen LogP) is 4.00. The lowest BCUT2D eigenvalue weighted by atomic mass is 10.1. The third-order valence-corrected chi connectivity index (χ3v) is 4.19. The van der Waals surface area contributed by atoms with E-state index in [1.807, 2.05) is 30.3 Å². The van der Waals surface area contributed by atoms with Gasteiger partial charge in [-0.2, -0.15) is 0 Å². The van der Waals surface area contributed by atoms with Crippen LogP contribution in [0.1, 0.15) is 5.56 Å². The number of aromatic nitrogens is 3. The standard InChI is InChI=1S/C17H13BrN4/c18-12-2-4-14-15(7-12)20-9-17(22-14)16-6-11-5-10(8-19)1-3-13(11)21-16/h1-7,9,21H,8,19H2. The van der Waals surface area contributed by atoms with E-state index in [0.29, 0.717) is 6.54 Å². The first-order valence-electron chi connectivity index (χ1n) is 6.97. The third kappa shape index (κ3) is 2.28. The van der Waals surface area contributed by atoms with Crippen molar-refractivity contribution in [2.24, 2.45) is 5.73 Å². The number of hydrogen-bond donors (Lipinski definition) is 2. The minimum atomic E-state index is 0.543. The zero-order valence-electron chi connectivity index (χ0n) is 11.7. The first-order valence-corrected chi connectivity index (χ1v) is 7.76. The Hall–Kier alpha value is -2.24. The number of rotatable bonds is 2. The molecular weight excluding hydrogens is 340 g/mol. The summed E-state index contributed by atoms with van der Waals surface area (Å²) in [6, 6.07) is 14.2. The molecule has 3 N–H and O–H groups in total. The summed E-state index contributed by atoms with van der Waals surface area (Å²) in [6.07, 6.45) is 1.79. The summed E-state index contributed by atoms with van der Waals surface area (Å²) < 4.78 is 1.00. The van der Waals surface area contributed by atoms with Crippen LogP contribution in [0.5, 0.6) is 0 Å². The van der Waals surface area contributed by atoms with Crippen molar-refractivity contribution >= 4 is 37.9 Å². The van der Waals surface area contributed by atoms with Crippen molar-refractivity contribution in [3.05, 3.63) is 58.7 Å². The van der Waals surface area contributed by atoms with Crippen LogP contribution < -0.4 is 5.73 Å². The van der Waals surface area contributed by atoms with E-state index in [1.165, 1.54) is 0 Å². The number of H-pyrrole nitrogens is 1. The van der Waals surface area contributed by atoms with Crippen LogP contribution in [-0.2, 0) is 6.54 Å². The van der Waals surface area contributed by atoms with E-state index in [9.17, 15) is 0 Å². The Balaban J connectivity index is 1.85. The van der Waals surface area contributed by atoms with Crippen LogP contribution in [0.4, 0.5) is 0 Å². The summed E-state index contributed by atoms with van der Waals surface area (Å²) in [5, 5.41) is 1.13. The van der Waals surface area contributed by atoms with Crippen LogP contribution in [0, 0.1) is 0 Å². The maximum Gasteiger partial charge on any atom is 0.106 e. The van der Waals surface area contributed by atoms with Crippen LogP contribution in [0.15, 0.2) is 53.1 Å². The van der Waals surface area contributed by atoms with Crippen molar-refractivity contribution in [3.8, 4) is 11.4 Å². The number of halogens is 1. The molecule has 4 aromatic rings. The molecule has 0 atom stereocenters. The summed E-state index contributed by atoms with van der Waals surface area (Å²) in [6.45, 7) is 0.543. The summed E-state index contributed by atoms with van der Waals surface area (Å²) in [5.41, 5.74) is 11.4. The topological polar surface area (TPSA) is 67.6 Å². The molecule has 0 unspecified atom stereocenters. The van der Waals surface area contributed by atoms with Crippen molar-refractivity contribution in [2.75, 3.05) is 0 Å². The van der Waals surface area contributed by atoms with Crippen molar-refractivity contribution in [1.82, 2.24) is 15.0 Å². The molecule has 0 saturated heterocycles. The Morgan fingerprint density at radius 2 is 1.95 bits per heavy atom. The Morgan fingerprint density at radius 1 is 1.05 bits per heavy atom. The number of nitrogens with one attached hydrogen (secondary N) is 1. The minimum Gasteiger partial charge on any atom is -0.353 e. The molecule has 0 aliphatic heterocycles. The molecule has 4 nitrogen and oxygen atoms in total. The Bertz CT molecular complexity index is 990. The van der Waals surface area contributed by atoms with E-state index in [1.54, 1.807) is 6.20 Å². The molecule has 108 valence electrons. The van der Waals surface area contributed by atoms with Gasteiger partial charge in [0.05, 0.1) is 22.9 Å². The lowest BCUT2D eigenvalue weighted by Crippen LogP contribution is -1.94. The summed E-state index contributed by atoms with van der Waals surface area (Å²) in [5.74, 6) is 0. The molecule has 0 bridgehead atoms. The third-order valence-electron chi connectivity index (χ3n) is 3.70. The minimum absolute atomic E-state index is 0.543. The average Bonchev–Trinajstić information content (AvgIpc) is 2.97. The summed E-state index contributed by atoms with van der Waals surface area (Å²) >= 11 is 3.45. The highest BCUT2D eigenvalue weighted by atomic mass is 79.9. The van der Waals surface area contributed by atoms with Crippen LogP contribution in [0.3, 0.4) is 0 Å². The zero-order chi connectivity index (χ0) is 15.1. The first kappa shape index (κ1) is 13.4. The number of aromatic amines is 1. The average molecular weight is 353 g/mol. The molecule has 0 fully saturated rings. The van der Waals surface area contributed by atoms with Gasteiger partial charge in [-0.1, -0.05) is 22.0 Å². The molecule has 5 heteroatoms. The quantitative estimate of drug-likeness (QED) is 0.572. The number of benzene rings is 2. The van der Waals surface area contributed by atoms with Gasteiger partial charge in [0, 0.05) is 21.9 Å². The highest BCUT2D eigenvalue weighted by Gasteiger charge is 2.07. The van der Waals surface area contributed by atoms with E-state index in [2.05, 4.69) is 43.0 Å². The summed E-state index contributed by atoms with van der Waals surface area (Å²) in [4.78, 5) is 12.6. The van der Waals surface area contributed by atoms with Crippen molar-refractivity contribution in [2.45, 2.75) is 6.54 Å². The Morgan fingerprint density at radius 3 is 2.82 bits per heavy atom. The van der Waals surface area contributed by atoms with Crippen LogP contribution in [0.2, 0.25) is 0 Å². The van der Waals surface area contributed by atoms with Crippen molar-refractivity contribution in [1.29, 1.82) is 0 Å². The molecule has 0 amide bonds. The second-order valence-electron chi connectivity index (χ2n) is 5.20. The lowest BCUT2D eigenvalue weighted by Gasteiger charge is -2.00. The molecule has 22 heavy (non-hydrogen) atoms. The smallest absolute Gasteiger partial charge is 0.106 e. The van der Waals surface area contributed by atoms with Gasteiger partial charge >= 0.3 is 0 Å². The molecule has 2 heterocycles. The number of fused-ring (bicyclic) bond motifs is 2. The van der Waals surface area contributed by atoms with Gasteiger partial charge in [0.25, 0.3) is 0 Å². The molecular formula is C17H13BrN4. The lowest BCUT2D eigenvalue weighted by molar-refractivity contribution is 1.08. The number of hydrogen-bond acceptors (Lipinski definition) is 3. The molecule has 2 aromatic heterocycles. The fraction of sp³-hybridized carbons (Fsp3) is 0.0588. The van der Waals surface area contributed by atoms with Gasteiger partial charge in [0.1, 0.15) is 5.69 Å². The van der Waals surface area contributed by atoms with Crippen molar-refractivity contribution < 1.29 is 0 Å². The van der Waals surface area contributed by atoms with Gasteiger partial charge in [0.2, 0.25) is 0 Å². The monoisotopic (exact) mass is 352 g/mol. The molecule has 2 aromatic carbocycles. The second kappa shape index (κ2) is 5.19. The fourth-order valence-electron chi connectivity index (χ4n) is 2.56. The number of nitrogens with zero attached hydrogens (tertiary/aromatic N) is 2. The highest BCUT2D eigenvalue weighted by Crippen LogP contribution is 2.25. The molecule has 4 rings (SSSR count). The van der Waals surface area contributed by atoms with Gasteiger partial charge in [-0.25, -0.2) is 4.98 Å². The Kier molecular flexibility index (Phi) is 3.17. The number of nitrogens with two attached hydrogens (primary N) is 1. The van der Waals surface area contributed by atoms with Crippen LogP contribution >= 0.6 is 15.9 Å². The fourth-order valence-corrected chi connectivity index (χ4v) is 2.91. The van der Waals surface area contributed by atoms with E-state index < -0.39 is 0 Å². The molecule has 0 aliphatic carbocycles. The Labute approximate surface area is 135 Å². The first-order chi connectivity index (χ1) is 10.7. The van der Waals surface area contributed by atoms with Crippen molar-refractivity contribution in [3.63, 3.8) is 0 Å². The predicted molar refractivity (Wildman–Crippen MR) is 92.4 cm³/mol. The zero-order valence-corrected chi connectivity index (χ0v) is 13.3. The van der Waals surface area contributed by atoms with E-state index in [4.69, 9.17) is 5.73 Å². The maximum atomic E-state index is 5.70. The van der Waals surface area contributed by atoms with Crippen LogP contribution in [0.25, 0.3) is 33.3 Å². The molecule has 0 aliphatic rings. The highest BCUT2D eigenvalue weighted by molar-refractivity contribution is 9.10. The molecule has 0 radical (unpaired) electrons. The largest absolute Gasteiger partial charge is 0.353 e. The SMILES string of the molecule is NCc1ccc2[nH]c(-c3cnc4cc(Br)ccc4n3)cc2c1. The molecule has 0 saturated carbocycles. The summed E-state index contributed by atoms with van der Waals surface area (Å²) in [7, 11) is 0. The van der Waals surface area contributed by atoms with Gasteiger partial charge < -0.3 is 10.7 Å². The normalized spacial score (nSPS) is 11.4. The van der Waals surface area contributed by atoms with Gasteiger partial charge in [-0.3, -0.25) is 4.98 Å². The molecule has 0 spiro atoms. The van der Waals surface area contributed by atoms with Gasteiger partial charge in [-0.15, -0.1) is 0 Å². The van der Waals surface area contributed by atoms with Crippen LogP contribution in [-0.4, -0.2) is 15.0 Å². The van der Waals surface area contributed by atoms with Gasteiger partial charge in [0.15, 0.2) is 0 Å². The van der Waals surface area contributed by atoms with E-state index in [-0.39, 0.29) is 0 Å².